The van der Waals surface area contributed by atoms with Gasteiger partial charge in [-0.25, -0.2) is 9.78 Å². The maximum Gasteiger partial charge on any atom is 0.341 e. The summed E-state index contributed by atoms with van der Waals surface area (Å²) in [5.74, 6) is -0.731. The third kappa shape index (κ3) is 4.09. The smallest absolute Gasteiger partial charge is 0.341 e. The Labute approximate surface area is 180 Å². The van der Waals surface area contributed by atoms with Gasteiger partial charge in [-0.05, 0) is 30.4 Å². The van der Waals surface area contributed by atoms with Crippen LogP contribution in [0.5, 0.6) is 5.75 Å². The fourth-order valence-electron chi connectivity index (χ4n) is 3.96. The lowest BCUT2D eigenvalue weighted by Crippen LogP contribution is -2.35. The van der Waals surface area contributed by atoms with Gasteiger partial charge in [0.1, 0.15) is 5.56 Å². The van der Waals surface area contributed by atoms with E-state index in [0.29, 0.717) is 42.5 Å². The largest absolute Gasteiger partial charge is 0.490 e. The predicted octanol–water partition coefficient (Wildman–Crippen LogP) is 4.13. The highest BCUT2D eigenvalue weighted by atomic mass is 35.5. The molecular formula is C22H27ClN2O5. The Morgan fingerprint density at radius 2 is 2.03 bits per heavy atom. The van der Waals surface area contributed by atoms with Crippen LogP contribution in [0, 0.1) is 12.3 Å². The molecule has 8 heteroatoms. The number of pyridine rings is 2. The summed E-state index contributed by atoms with van der Waals surface area (Å²) >= 11 is 6.38. The van der Waals surface area contributed by atoms with Gasteiger partial charge < -0.3 is 19.1 Å². The lowest BCUT2D eigenvalue weighted by Gasteiger charge is -2.40. The number of rotatable bonds is 6. The van der Waals surface area contributed by atoms with Crippen molar-refractivity contribution in [1.82, 2.24) is 9.55 Å². The molecule has 0 saturated carbocycles. The maximum absolute atomic E-state index is 12.6. The number of carboxylic acid groups (broad SMARTS) is 1. The second-order valence-corrected chi connectivity index (χ2v) is 8.95. The number of methoxy groups -OCH3 is 1. The van der Waals surface area contributed by atoms with Crippen LogP contribution in [0.1, 0.15) is 54.8 Å². The average Bonchev–Trinajstić information content (AvgIpc) is 2.64. The highest BCUT2D eigenvalue weighted by Gasteiger charge is 2.36. The molecule has 3 rings (SSSR count). The van der Waals surface area contributed by atoms with E-state index in [2.05, 4.69) is 25.8 Å². The fourth-order valence-corrected chi connectivity index (χ4v) is 4.15. The predicted molar refractivity (Wildman–Crippen MR) is 115 cm³/mol. The van der Waals surface area contributed by atoms with E-state index >= 15 is 0 Å². The molecule has 0 saturated heterocycles. The van der Waals surface area contributed by atoms with Crippen LogP contribution < -0.4 is 10.2 Å². The van der Waals surface area contributed by atoms with Gasteiger partial charge in [-0.15, -0.1) is 0 Å². The molecule has 0 amide bonds. The first kappa shape index (κ1) is 22.3. The quantitative estimate of drug-likeness (QED) is 0.543. The summed E-state index contributed by atoms with van der Waals surface area (Å²) in [7, 11) is 1.64. The second-order valence-electron chi connectivity index (χ2n) is 8.60. The Bertz CT molecular complexity index is 1040. The average molecular weight is 435 g/mol. The molecule has 7 nitrogen and oxygen atoms in total. The van der Waals surface area contributed by atoms with Gasteiger partial charge in [-0.2, -0.15) is 0 Å². The Morgan fingerprint density at radius 3 is 2.63 bits per heavy atom. The number of fused-ring (bicyclic) bond motifs is 3. The Morgan fingerprint density at radius 1 is 1.33 bits per heavy atom. The Hall–Kier alpha value is -2.38. The van der Waals surface area contributed by atoms with E-state index in [9.17, 15) is 14.7 Å². The van der Waals surface area contributed by atoms with Crippen molar-refractivity contribution in [2.75, 3.05) is 20.3 Å². The van der Waals surface area contributed by atoms with Gasteiger partial charge in [-0.3, -0.25) is 4.79 Å². The summed E-state index contributed by atoms with van der Waals surface area (Å²) in [6, 6.07) is 3.17. The van der Waals surface area contributed by atoms with Crippen LogP contribution >= 0.6 is 11.6 Å². The van der Waals surface area contributed by atoms with Crippen LogP contribution in [0.2, 0.25) is 5.15 Å². The van der Waals surface area contributed by atoms with Crippen LogP contribution in [0.15, 0.2) is 16.9 Å². The molecule has 2 aromatic rings. The molecule has 0 fully saturated rings. The van der Waals surface area contributed by atoms with Gasteiger partial charge in [0.05, 0.1) is 18.0 Å². The van der Waals surface area contributed by atoms with E-state index in [-0.39, 0.29) is 22.2 Å². The van der Waals surface area contributed by atoms with Crippen molar-refractivity contribution in [3.63, 3.8) is 0 Å². The monoisotopic (exact) mass is 434 g/mol. The van der Waals surface area contributed by atoms with Crippen molar-refractivity contribution in [2.45, 2.75) is 46.6 Å². The molecule has 0 aliphatic carbocycles. The van der Waals surface area contributed by atoms with Crippen molar-refractivity contribution < 1.29 is 19.4 Å². The number of aromatic carboxylic acids is 1. The van der Waals surface area contributed by atoms with Gasteiger partial charge in [-0.1, -0.05) is 32.4 Å². The zero-order valence-electron chi connectivity index (χ0n) is 17.9. The minimum atomic E-state index is -1.22. The van der Waals surface area contributed by atoms with Crippen molar-refractivity contribution >= 4 is 17.6 Å². The van der Waals surface area contributed by atoms with Crippen molar-refractivity contribution in [2.24, 2.45) is 5.41 Å². The second kappa shape index (κ2) is 8.40. The van der Waals surface area contributed by atoms with Crippen LogP contribution in [0.3, 0.4) is 0 Å². The minimum Gasteiger partial charge on any atom is -0.490 e. The third-order valence-electron chi connectivity index (χ3n) is 5.45. The highest BCUT2D eigenvalue weighted by Crippen LogP contribution is 2.44. The number of carboxylic acids is 1. The van der Waals surface area contributed by atoms with Gasteiger partial charge in [0.2, 0.25) is 0 Å². The molecule has 0 aromatic carbocycles. The van der Waals surface area contributed by atoms with E-state index in [0.717, 1.165) is 12.0 Å². The number of halogens is 1. The Kier molecular flexibility index (Phi) is 6.24. The zero-order valence-corrected chi connectivity index (χ0v) is 18.7. The van der Waals surface area contributed by atoms with Gasteiger partial charge in [0, 0.05) is 37.9 Å². The molecule has 1 N–H and O–H groups in total. The molecule has 0 spiro atoms. The molecular weight excluding hydrogens is 408 g/mol. The number of hydrogen-bond donors (Lipinski definition) is 1. The number of aromatic nitrogens is 2. The number of carbonyl (C=O) groups is 1. The van der Waals surface area contributed by atoms with Crippen LogP contribution in [-0.2, 0) is 11.2 Å². The van der Waals surface area contributed by atoms with E-state index in [4.69, 9.17) is 21.1 Å². The van der Waals surface area contributed by atoms with Gasteiger partial charge in [0.25, 0.3) is 0 Å². The summed E-state index contributed by atoms with van der Waals surface area (Å²) in [6.07, 6.45) is 1.34. The highest BCUT2D eigenvalue weighted by molar-refractivity contribution is 6.31. The topological polar surface area (TPSA) is 90.7 Å². The molecule has 30 heavy (non-hydrogen) atoms. The first-order valence-electron chi connectivity index (χ1n) is 9.87. The number of hydrogen-bond acceptors (Lipinski definition) is 5. The summed E-state index contributed by atoms with van der Waals surface area (Å²) in [5, 5.41) is 9.77. The molecule has 1 aliphatic rings. The summed E-state index contributed by atoms with van der Waals surface area (Å²) in [6.45, 7) is 8.99. The first-order chi connectivity index (χ1) is 14.1. The van der Waals surface area contributed by atoms with Gasteiger partial charge >= 0.3 is 5.97 Å². The molecule has 3 heterocycles. The summed E-state index contributed by atoms with van der Waals surface area (Å²) in [4.78, 5) is 28.8. The molecule has 1 aliphatic heterocycles. The molecule has 0 unspecified atom stereocenters. The van der Waals surface area contributed by atoms with Crippen molar-refractivity contribution in [3.05, 3.63) is 44.3 Å². The molecule has 0 bridgehead atoms. The number of ether oxygens (including phenoxy) is 2. The molecule has 0 radical (unpaired) electrons. The lowest BCUT2D eigenvalue weighted by molar-refractivity contribution is 0.0692. The molecule has 1 atom stereocenters. The molecule has 162 valence electrons. The first-order valence-corrected chi connectivity index (χ1v) is 10.2. The maximum atomic E-state index is 12.6. The normalized spacial score (nSPS) is 15.5. The summed E-state index contributed by atoms with van der Waals surface area (Å²) < 4.78 is 12.8. The van der Waals surface area contributed by atoms with Crippen LogP contribution in [0.25, 0.3) is 11.4 Å². The lowest BCUT2D eigenvalue weighted by atomic mass is 9.79. The van der Waals surface area contributed by atoms with Crippen LogP contribution in [0.4, 0.5) is 0 Å². The zero-order chi connectivity index (χ0) is 22.2. The molecule has 2 aromatic heterocycles. The van der Waals surface area contributed by atoms with E-state index < -0.39 is 11.4 Å². The van der Waals surface area contributed by atoms with E-state index in [1.54, 1.807) is 14.0 Å². The van der Waals surface area contributed by atoms with E-state index in [1.165, 1.54) is 6.07 Å². The van der Waals surface area contributed by atoms with Crippen molar-refractivity contribution in [1.29, 1.82) is 0 Å². The van der Waals surface area contributed by atoms with E-state index in [1.807, 2.05) is 10.6 Å². The van der Waals surface area contributed by atoms with Gasteiger partial charge in [0.15, 0.2) is 16.3 Å². The minimum absolute atomic E-state index is 0.0667. The number of nitrogens with zero attached hydrogens (tertiary/aromatic N) is 2. The third-order valence-corrected chi connectivity index (χ3v) is 5.72. The summed E-state index contributed by atoms with van der Waals surface area (Å²) in [5.41, 5.74) is 1.57. The van der Waals surface area contributed by atoms with Crippen LogP contribution in [-0.4, -0.2) is 41.0 Å². The van der Waals surface area contributed by atoms with Crippen molar-refractivity contribution in [3.8, 4) is 17.1 Å². The fraction of sp³-hybridized carbons (Fsp3) is 0.500. The Balaban J connectivity index is 2.17. The standard InChI is InChI=1S/C22H27ClN2O5/c1-12-18(21(27)28)15(26)11-14-19-13(10-17(25(12)14)22(2,3)4)9-16(20(23)24-19)30-8-6-7-29-5/h9,11,17H,6-8,10H2,1-5H3,(H,27,28)/t17-/m0/s1. The SMILES string of the molecule is COCCCOc1cc2c(nc1Cl)-c1cc(=O)c(C(=O)O)c(C)n1[C@H](C(C)(C)C)C2.